The molecular weight excluding hydrogens is 194 g/mol. The van der Waals surface area contributed by atoms with E-state index in [-0.39, 0.29) is 5.92 Å². The lowest BCUT2D eigenvalue weighted by molar-refractivity contribution is -0.142. The molecule has 15 heavy (non-hydrogen) atoms. The molecule has 1 aliphatic rings. The Hall–Kier alpha value is -1.39. The van der Waals surface area contributed by atoms with Crippen molar-refractivity contribution in [2.75, 3.05) is 0 Å². The molecule has 1 heterocycles. The average Bonchev–Trinajstić information content (AvgIpc) is 2.59. The Morgan fingerprint density at radius 3 is 2.93 bits per heavy atom. The van der Waals surface area contributed by atoms with Gasteiger partial charge in [-0.3, -0.25) is 4.79 Å². The van der Waals surface area contributed by atoms with E-state index in [2.05, 4.69) is 24.2 Å². The van der Waals surface area contributed by atoms with Crippen molar-refractivity contribution in [3.8, 4) is 0 Å². The summed E-state index contributed by atoms with van der Waals surface area (Å²) < 4.78 is 1.90. The van der Waals surface area contributed by atoms with Crippen LogP contribution < -0.4 is 0 Å². The third-order valence-corrected chi connectivity index (χ3v) is 2.88. The van der Waals surface area contributed by atoms with Crippen LogP contribution in [0.4, 0.5) is 0 Å². The van der Waals surface area contributed by atoms with Crippen LogP contribution in [0.1, 0.15) is 37.7 Å². The van der Waals surface area contributed by atoms with Crippen LogP contribution in [0.5, 0.6) is 0 Å². The number of carboxylic acids is 1. The van der Waals surface area contributed by atoms with Crippen LogP contribution in [-0.4, -0.2) is 26.1 Å². The van der Waals surface area contributed by atoms with Gasteiger partial charge in [-0.25, -0.2) is 4.68 Å². The monoisotopic (exact) mass is 209 g/mol. The van der Waals surface area contributed by atoms with Crippen molar-refractivity contribution in [3.05, 3.63) is 11.4 Å². The maximum atomic E-state index is 10.8. The van der Waals surface area contributed by atoms with Crippen molar-refractivity contribution in [3.63, 3.8) is 0 Å². The lowest BCUT2D eigenvalue weighted by Crippen LogP contribution is -2.23. The van der Waals surface area contributed by atoms with Gasteiger partial charge >= 0.3 is 5.97 Å². The number of hydrogen-bond donors (Lipinski definition) is 1. The highest BCUT2D eigenvalue weighted by molar-refractivity contribution is 5.70. The molecule has 1 aliphatic carbocycles. The maximum absolute atomic E-state index is 10.8. The third-order valence-electron chi connectivity index (χ3n) is 2.88. The van der Waals surface area contributed by atoms with E-state index in [4.69, 9.17) is 5.11 Å². The largest absolute Gasteiger partial charge is 0.481 e. The molecule has 0 aromatic carbocycles. The molecule has 5 heteroatoms. The zero-order chi connectivity index (χ0) is 11.0. The van der Waals surface area contributed by atoms with Gasteiger partial charge in [0.05, 0.1) is 17.3 Å². The normalized spacial score (nSPS) is 20.3. The van der Waals surface area contributed by atoms with Crippen molar-refractivity contribution < 1.29 is 9.90 Å². The molecule has 0 saturated heterocycles. The molecule has 0 aliphatic heterocycles. The van der Waals surface area contributed by atoms with Crippen LogP contribution >= 0.6 is 0 Å². The van der Waals surface area contributed by atoms with Crippen molar-refractivity contribution in [2.45, 2.75) is 39.2 Å². The van der Waals surface area contributed by atoms with E-state index in [1.54, 1.807) is 0 Å². The summed E-state index contributed by atoms with van der Waals surface area (Å²) in [6.07, 6.45) is 2.00. The Kier molecular flexibility index (Phi) is 2.46. The molecule has 0 radical (unpaired) electrons. The molecule has 1 aromatic rings. The smallest absolute Gasteiger partial charge is 0.306 e. The predicted octanol–water partition coefficient (Wildman–Crippen LogP) is 1.05. The summed E-state index contributed by atoms with van der Waals surface area (Å²) in [4.78, 5) is 10.8. The van der Waals surface area contributed by atoms with E-state index in [1.165, 1.54) is 0 Å². The summed E-state index contributed by atoms with van der Waals surface area (Å²) in [7, 11) is 0. The van der Waals surface area contributed by atoms with Crippen LogP contribution in [-0.2, 0) is 17.6 Å². The Balaban J connectivity index is 2.26. The minimum absolute atomic E-state index is 0.283. The Morgan fingerprint density at radius 2 is 2.33 bits per heavy atom. The van der Waals surface area contributed by atoms with E-state index in [0.29, 0.717) is 18.9 Å². The maximum Gasteiger partial charge on any atom is 0.306 e. The molecule has 1 N–H and O–H groups in total. The van der Waals surface area contributed by atoms with Gasteiger partial charge in [0.2, 0.25) is 0 Å². The standard InChI is InChI=1S/C10H15N3O2/c1-6(2)13-9-4-3-7(10(14)15)5-8(9)11-12-13/h6-7H,3-5H2,1-2H3,(H,14,15). The molecule has 0 saturated carbocycles. The second-order valence-electron chi connectivity index (χ2n) is 4.30. The summed E-state index contributed by atoms with van der Waals surface area (Å²) in [6.45, 7) is 4.11. The van der Waals surface area contributed by atoms with Gasteiger partial charge in [0, 0.05) is 12.5 Å². The molecule has 1 atom stereocenters. The first-order chi connectivity index (χ1) is 7.09. The van der Waals surface area contributed by atoms with Crippen LogP contribution in [0.15, 0.2) is 0 Å². The topological polar surface area (TPSA) is 68.0 Å². The fourth-order valence-corrected chi connectivity index (χ4v) is 2.04. The zero-order valence-electron chi connectivity index (χ0n) is 8.97. The minimum atomic E-state index is -0.722. The van der Waals surface area contributed by atoms with Gasteiger partial charge in [-0.2, -0.15) is 0 Å². The SMILES string of the molecule is CC(C)n1nnc2c1CCC(C(=O)O)C2. The molecule has 0 amide bonds. The highest BCUT2D eigenvalue weighted by Gasteiger charge is 2.28. The van der Waals surface area contributed by atoms with Crippen LogP contribution in [0.25, 0.3) is 0 Å². The number of fused-ring (bicyclic) bond motifs is 1. The van der Waals surface area contributed by atoms with Gasteiger partial charge in [0.15, 0.2) is 0 Å². The number of rotatable bonds is 2. The quantitative estimate of drug-likeness (QED) is 0.790. The highest BCUT2D eigenvalue weighted by atomic mass is 16.4. The molecule has 0 bridgehead atoms. The molecule has 82 valence electrons. The number of nitrogens with zero attached hydrogens (tertiary/aromatic N) is 3. The summed E-state index contributed by atoms with van der Waals surface area (Å²) in [6, 6.07) is 0.294. The van der Waals surface area contributed by atoms with Gasteiger partial charge in [0.1, 0.15) is 0 Å². The second-order valence-corrected chi connectivity index (χ2v) is 4.30. The van der Waals surface area contributed by atoms with Gasteiger partial charge < -0.3 is 5.11 Å². The third kappa shape index (κ3) is 1.73. The van der Waals surface area contributed by atoms with Gasteiger partial charge in [-0.05, 0) is 26.7 Å². The van der Waals surface area contributed by atoms with Crippen LogP contribution in [0, 0.1) is 5.92 Å². The predicted molar refractivity (Wildman–Crippen MR) is 53.6 cm³/mol. The molecule has 2 rings (SSSR count). The molecule has 0 spiro atoms. The summed E-state index contributed by atoms with van der Waals surface area (Å²) in [5.74, 6) is -1.01. The molecule has 1 aromatic heterocycles. The summed E-state index contributed by atoms with van der Waals surface area (Å²) in [5, 5.41) is 17.0. The van der Waals surface area contributed by atoms with Crippen molar-refractivity contribution >= 4 is 5.97 Å². The van der Waals surface area contributed by atoms with Crippen molar-refractivity contribution in [1.82, 2.24) is 15.0 Å². The summed E-state index contributed by atoms with van der Waals surface area (Å²) >= 11 is 0. The number of aromatic nitrogens is 3. The fraction of sp³-hybridized carbons (Fsp3) is 0.700. The molecule has 0 fully saturated rings. The number of aliphatic carboxylic acids is 1. The number of hydrogen-bond acceptors (Lipinski definition) is 3. The van der Waals surface area contributed by atoms with E-state index < -0.39 is 5.97 Å². The van der Waals surface area contributed by atoms with Crippen molar-refractivity contribution in [1.29, 1.82) is 0 Å². The second kappa shape index (κ2) is 3.64. The van der Waals surface area contributed by atoms with Gasteiger partial charge in [-0.15, -0.1) is 5.10 Å². The molecule has 5 nitrogen and oxygen atoms in total. The Bertz CT molecular complexity index is 384. The van der Waals surface area contributed by atoms with Gasteiger partial charge in [-0.1, -0.05) is 5.21 Å². The lowest BCUT2D eigenvalue weighted by Gasteiger charge is -2.19. The van der Waals surface area contributed by atoms with Crippen LogP contribution in [0.3, 0.4) is 0 Å². The van der Waals surface area contributed by atoms with Crippen molar-refractivity contribution in [2.24, 2.45) is 5.92 Å². The number of carboxylic acid groups (broad SMARTS) is 1. The Labute approximate surface area is 88.1 Å². The Morgan fingerprint density at radius 1 is 1.60 bits per heavy atom. The fourth-order valence-electron chi connectivity index (χ4n) is 2.04. The lowest BCUT2D eigenvalue weighted by atomic mass is 9.90. The molecule has 1 unspecified atom stereocenters. The van der Waals surface area contributed by atoms with Crippen LogP contribution in [0.2, 0.25) is 0 Å². The first-order valence-corrected chi connectivity index (χ1v) is 5.25. The first-order valence-electron chi connectivity index (χ1n) is 5.25. The number of carbonyl (C=O) groups is 1. The molecular formula is C10H15N3O2. The average molecular weight is 209 g/mol. The van der Waals surface area contributed by atoms with E-state index in [1.807, 2.05) is 4.68 Å². The zero-order valence-corrected chi connectivity index (χ0v) is 8.97. The summed E-state index contributed by atoms with van der Waals surface area (Å²) in [5.41, 5.74) is 1.98. The van der Waals surface area contributed by atoms with E-state index >= 15 is 0 Å². The minimum Gasteiger partial charge on any atom is -0.481 e. The highest BCUT2D eigenvalue weighted by Crippen LogP contribution is 2.25. The van der Waals surface area contributed by atoms with Gasteiger partial charge in [0.25, 0.3) is 0 Å². The van der Waals surface area contributed by atoms with E-state index in [9.17, 15) is 4.79 Å². The first kappa shape index (κ1) is 10.1. The van der Waals surface area contributed by atoms with E-state index in [0.717, 1.165) is 17.8 Å².